The number of anilines is 1. The van der Waals surface area contributed by atoms with E-state index in [1.807, 2.05) is 29.1 Å². The Labute approximate surface area is 128 Å². The maximum atomic E-state index is 5.97. The van der Waals surface area contributed by atoms with Gasteiger partial charge >= 0.3 is 0 Å². The largest absolute Gasteiger partial charge is 0.378 e. The van der Waals surface area contributed by atoms with Gasteiger partial charge < -0.3 is 5.32 Å². The first-order chi connectivity index (χ1) is 8.61. The lowest BCUT2D eigenvalue weighted by Crippen LogP contribution is -2.08. The summed E-state index contributed by atoms with van der Waals surface area (Å²) in [6.07, 6.45) is 1.81. The second kappa shape index (κ2) is 6.08. The van der Waals surface area contributed by atoms with Crippen LogP contribution >= 0.6 is 43.5 Å². The average Bonchev–Trinajstić information content (AvgIpc) is 2.75. The molecule has 0 unspecified atom stereocenters. The minimum Gasteiger partial charge on any atom is -0.378 e. The standard InChI is InChI=1S/C12H12Br2ClN3/c1-2-18-9(3-4-17-18)7-16-12-10(13)5-8(15)6-11(12)14/h3-6,16H,2,7H2,1H3. The van der Waals surface area contributed by atoms with Crippen LogP contribution in [0.2, 0.25) is 5.02 Å². The van der Waals surface area contributed by atoms with E-state index in [4.69, 9.17) is 11.6 Å². The fourth-order valence-corrected chi connectivity index (χ4v) is 3.63. The minimum atomic E-state index is 0.693. The van der Waals surface area contributed by atoms with Gasteiger partial charge in [0.25, 0.3) is 0 Å². The molecule has 1 N–H and O–H groups in total. The predicted octanol–water partition coefficient (Wildman–Crippen LogP) is 4.69. The van der Waals surface area contributed by atoms with Crippen LogP contribution in [0.5, 0.6) is 0 Å². The average molecular weight is 394 g/mol. The number of aromatic nitrogens is 2. The number of hydrogen-bond acceptors (Lipinski definition) is 2. The van der Waals surface area contributed by atoms with Crippen molar-refractivity contribution in [3.05, 3.63) is 44.1 Å². The molecule has 0 aliphatic heterocycles. The van der Waals surface area contributed by atoms with E-state index >= 15 is 0 Å². The van der Waals surface area contributed by atoms with Crippen LogP contribution in [0, 0.1) is 0 Å². The highest BCUT2D eigenvalue weighted by Gasteiger charge is 2.08. The molecule has 0 spiro atoms. The molecular weight excluding hydrogens is 381 g/mol. The quantitative estimate of drug-likeness (QED) is 0.816. The summed E-state index contributed by atoms with van der Waals surface area (Å²) >= 11 is 13.0. The van der Waals surface area contributed by atoms with Crippen molar-refractivity contribution in [1.82, 2.24) is 9.78 Å². The number of nitrogens with one attached hydrogen (secondary N) is 1. The van der Waals surface area contributed by atoms with Crippen LogP contribution in [0.3, 0.4) is 0 Å². The molecule has 1 aromatic heterocycles. The lowest BCUT2D eigenvalue weighted by molar-refractivity contribution is 0.627. The van der Waals surface area contributed by atoms with E-state index < -0.39 is 0 Å². The lowest BCUT2D eigenvalue weighted by Gasteiger charge is -2.12. The van der Waals surface area contributed by atoms with Crippen LogP contribution in [0.15, 0.2) is 33.3 Å². The summed E-state index contributed by atoms with van der Waals surface area (Å²) in [5.41, 5.74) is 2.13. The Balaban J connectivity index is 2.16. The number of aryl methyl sites for hydroxylation is 1. The molecule has 0 fully saturated rings. The molecule has 0 aliphatic rings. The summed E-state index contributed by atoms with van der Waals surface area (Å²) in [4.78, 5) is 0. The zero-order chi connectivity index (χ0) is 13.1. The monoisotopic (exact) mass is 391 g/mol. The van der Waals surface area contributed by atoms with Gasteiger partial charge in [-0.3, -0.25) is 4.68 Å². The van der Waals surface area contributed by atoms with Crippen molar-refractivity contribution in [2.75, 3.05) is 5.32 Å². The second-order valence-electron chi connectivity index (χ2n) is 3.74. The predicted molar refractivity (Wildman–Crippen MR) is 82.1 cm³/mol. The van der Waals surface area contributed by atoms with Crippen LogP contribution in [0.1, 0.15) is 12.6 Å². The van der Waals surface area contributed by atoms with Crippen LogP contribution < -0.4 is 5.32 Å². The number of nitrogens with zero attached hydrogens (tertiary/aromatic N) is 2. The number of benzene rings is 1. The first-order valence-corrected chi connectivity index (χ1v) is 7.47. The Morgan fingerprint density at radius 3 is 2.61 bits per heavy atom. The van der Waals surface area contributed by atoms with E-state index in [9.17, 15) is 0 Å². The highest BCUT2D eigenvalue weighted by molar-refractivity contribution is 9.11. The van der Waals surface area contributed by atoms with E-state index in [2.05, 4.69) is 49.2 Å². The molecule has 0 saturated carbocycles. The van der Waals surface area contributed by atoms with Gasteiger partial charge in [0, 0.05) is 26.7 Å². The van der Waals surface area contributed by atoms with Gasteiger partial charge in [0.15, 0.2) is 0 Å². The molecule has 0 aliphatic carbocycles. The van der Waals surface area contributed by atoms with Crippen molar-refractivity contribution in [2.24, 2.45) is 0 Å². The second-order valence-corrected chi connectivity index (χ2v) is 5.88. The maximum Gasteiger partial charge on any atom is 0.0633 e. The molecule has 1 heterocycles. The molecule has 2 aromatic rings. The van der Waals surface area contributed by atoms with Gasteiger partial charge in [-0.1, -0.05) is 11.6 Å². The molecule has 0 radical (unpaired) electrons. The summed E-state index contributed by atoms with van der Waals surface area (Å²) in [7, 11) is 0. The van der Waals surface area contributed by atoms with Crippen molar-refractivity contribution in [3.8, 4) is 0 Å². The van der Waals surface area contributed by atoms with Crippen molar-refractivity contribution in [3.63, 3.8) is 0 Å². The van der Waals surface area contributed by atoms with Gasteiger partial charge in [-0.05, 0) is 57.0 Å². The van der Waals surface area contributed by atoms with Gasteiger partial charge in [-0.25, -0.2) is 0 Å². The van der Waals surface area contributed by atoms with Gasteiger partial charge in [0.1, 0.15) is 0 Å². The minimum absolute atomic E-state index is 0.693. The van der Waals surface area contributed by atoms with E-state index in [0.29, 0.717) is 11.6 Å². The third-order valence-electron chi connectivity index (χ3n) is 2.56. The number of rotatable bonds is 4. The number of hydrogen-bond donors (Lipinski definition) is 1. The van der Waals surface area contributed by atoms with E-state index in [1.54, 1.807) is 0 Å². The first-order valence-electron chi connectivity index (χ1n) is 5.51. The highest BCUT2D eigenvalue weighted by Crippen LogP contribution is 2.34. The number of halogens is 3. The van der Waals surface area contributed by atoms with Crippen LogP contribution in [-0.2, 0) is 13.1 Å². The molecule has 1 aromatic carbocycles. The van der Waals surface area contributed by atoms with Crippen LogP contribution in [0.25, 0.3) is 0 Å². The third-order valence-corrected chi connectivity index (χ3v) is 4.03. The summed E-state index contributed by atoms with van der Waals surface area (Å²) in [5.74, 6) is 0. The molecule has 96 valence electrons. The van der Waals surface area contributed by atoms with E-state index in [0.717, 1.165) is 26.9 Å². The molecule has 0 amide bonds. The normalized spacial score (nSPS) is 10.7. The Morgan fingerprint density at radius 2 is 2.00 bits per heavy atom. The molecule has 18 heavy (non-hydrogen) atoms. The summed E-state index contributed by atoms with van der Waals surface area (Å²) < 4.78 is 3.83. The zero-order valence-corrected chi connectivity index (χ0v) is 13.7. The Hall–Kier alpha value is -0.520. The zero-order valence-electron chi connectivity index (χ0n) is 9.75. The Bertz CT molecular complexity index is 531. The topological polar surface area (TPSA) is 29.9 Å². The molecule has 6 heteroatoms. The van der Waals surface area contributed by atoms with E-state index in [1.165, 1.54) is 0 Å². The summed E-state index contributed by atoms with van der Waals surface area (Å²) in [6.45, 7) is 3.66. The van der Waals surface area contributed by atoms with Crippen LogP contribution in [-0.4, -0.2) is 9.78 Å². The molecule has 0 saturated heterocycles. The van der Waals surface area contributed by atoms with Gasteiger partial charge in [-0.2, -0.15) is 5.10 Å². The molecule has 3 nitrogen and oxygen atoms in total. The van der Waals surface area contributed by atoms with Crippen LogP contribution in [0.4, 0.5) is 5.69 Å². The van der Waals surface area contributed by atoms with Crippen molar-refractivity contribution < 1.29 is 0 Å². The van der Waals surface area contributed by atoms with Crippen molar-refractivity contribution >= 4 is 49.1 Å². The van der Waals surface area contributed by atoms with Crippen molar-refractivity contribution in [2.45, 2.75) is 20.0 Å². The SMILES string of the molecule is CCn1nccc1CNc1c(Br)cc(Cl)cc1Br. The van der Waals surface area contributed by atoms with E-state index in [-0.39, 0.29) is 0 Å². The summed E-state index contributed by atoms with van der Waals surface area (Å²) in [5, 5.41) is 8.30. The Kier molecular flexibility index (Phi) is 4.70. The fraction of sp³-hybridized carbons (Fsp3) is 0.250. The van der Waals surface area contributed by atoms with Crippen molar-refractivity contribution in [1.29, 1.82) is 0 Å². The molecule has 0 bridgehead atoms. The van der Waals surface area contributed by atoms with Gasteiger partial charge in [0.2, 0.25) is 0 Å². The lowest BCUT2D eigenvalue weighted by atomic mass is 10.3. The smallest absolute Gasteiger partial charge is 0.0633 e. The first kappa shape index (κ1) is 13.9. The fourth-order valence-electron chi connectivity index (χ4n) is 1.68. The molecule has 2 rings (SSSR count). The molecule has 0 atom stereocenters. The maximum absolute atomic E-state index is 5.97. The van der Waals surface area contributed by atoms with Gasteiger partial charge in [-0.15, -0.1) is 0 Å². The Morgan fingerprint density at radius 1 is 1.33 bits per heavy atom. The molecular formula is C12H12Br2ClN3. The summed E-state index contributed by atoms with van der Waals surface area (Å²) in [6, 6.07) is 5.74. The van der Waals surface area contributed by atoms with Gasteiger partial charge in [0.05, 0.1) is 17.9 Å². The highest BCUT2D eigenvalue weighted by atomic mass is 79.9. The third kappa shape index (κ3) is 3.08.